The summed E-state index contributed by atoms with van der Waals surface area (Å²) < 4.78 is 15.9. The van der Waals surface area contributed by atoms with Crippen molar-refractivity contribution < 1.29 is 43.3 Å². The molecule has 0 aliphatic carbocycles. The van der Waals surface area contributed by atoms with Crippen molar-refractivity contribution in [2.75, 3.05) is 65.8 Å². The standard InChI is InChI=1S/C30H57N5O9/c1-25(35-27(37)11-9-7-5-3-2-4-6-8-10-12-30(40)41)13-14-26(36)32-15-20-43-21-22-44-24-29(39)34-17-19-42-18-16-33-28(38)23-31/h25H,2-24,31H2,1H3,(H,32,36)(H,33,38)(H,34,39)(H,35,37)(H,40,41)/t25-/m0/s1. The fourth-order valence-corrected chi connectivity index (χ4v) is 4.05. The summed E-state index contributed by atoms with van der Waals surface area (Å²) in [5.41, 5.74) is 5.17. The minimum absolute atomic E-state index is 0.0144. The van der Waals surface area contributed by atoms with Crippen LogP contribution in [-0.2, 0) is 38.2 Å². The molecule has 0 saturated heterocycles. The Labute approximate surface area is 262 Å². The van der Waals surface area contributed by atoms with Crippen molar-refractivity contribution in [2.45, 2.75) is 96.4 Å². The zero-order valence-corrected chi connectivity index (χ0v) is 26.6. The molecule has 0 aromatic heterocycles. The summed E-state index contributed by atoms with van der Waals surface area (Å²) in [6.45, 7) is 4.30. The van der Waals surface area contributed by atoms with Crippen LogP contribution in [0.1, 0.15) is 90.4 Å². The van der Waals surface area contributed by atoms with Crippen molar-refractivity contribution in [1.82, 2.24) is 21.3 Å². The third kappa shape index (κ3) is 30.6. The Balaban J connectivity index is 3.49. The number of rotatable bonds is 31. The number of carboxylic acids is 1. The first kappa shape index (κ1) is 41.2. The summed E-state index contributed by atoms with van der Waals surface area (Å²) in [7, 11) is 0. The smallest absolute Gasteiger partial charge is 0.303 e. The van der Waals surface area contributed by atoms with Gasteiger partial charge in [0.2, 0.25) is 23.6 Å². The van der Waals surface area contributed by atoms with Crippen LogP contribution in [-0.4, -0.2) is 107 Å². The molecule has 0 saturated carbocycles. The van der Waals surface area contributed by atoms with Gasteiger partial charge in [-0.1, -0.05) is 44.9 Å². The first-order valence-electron chi connectivity index (χ1n) is 16.0. The van der Waals surface area contributed by atoms with Gasteiger partial charge in [-0.2, -0.15) is 0 Å². The number of unbranched alkanes of at least 4 members (excludes halogenated alkanes) is 8. The van der Waals surface area contributed by atoms with E-state index in [1.807, 2.05) is 6.92 Å². The zero-order chi connectivity index (χ0) is 32.7. The van der Waals surface area contributed by atoms with Crippen molar-refractivity contribution in [2.24, 2.45) is 5.73 Å². The lowest BCUT2D eigenvalue weighted by Gasteiger charge is -2.14. The molecule has 0 heterocycles. The van der Waals surface area contributed by atoms with E-state index in [1.54, 1.807) is 0 Å². The fourth-order valence-electron chi connectivity index (χ4n) is 4.05. The van der Waals surface area contributed by atoms with Crippen LogP contribution in [0.4, 0.5) is 0 Å². The lowest BCUT2D eigenvalue weighted by molar-refractivity contribution is -0.137. The molecule has 0 bridgehead atoms. The van der Waals surface area contributed by atoms with Gasteiger partial charge in [-0.15, -0.1) is 0 Å². The molecule has 14 heteroatoms. The maximum atomic E-state index is 12.1. The van der Waals surface area contributed by atoms with Gasteiger partial charge in [0.15, 0.2) is 0 Å². The van der Waals surface area contributed by atoms with E-state index in [9.17, 15) is 24.0 Å². The van der Waals surface area contributed by atoms with Gasteiger partial charge in [-0.3, -0.25) is 24.0 Å². The minimum Gasteiger partial charge on any atom is -0.481 e. The Morgan fingerprint density at radius 1 is 0.591 bits per heavy atom. The molecule has 0 aliphatic rings. The van der Waals surface area contributed by atoms with Crippen LogP contribution in [0.3, 0.4) is 0 Å². The van der Waals surface area contributed by atoms with Crippen LogP contribution < -0.4 is 27.0 Å². The van der Waals surface area contributed by atoms with Crippen LogP contribution >= 0.6 is 0 Å². The zero-order valence-electron chi connectivity index (χ0n) is 26.6. The number of nitrogens with one attached hydrogen (secondary N) is 4. The number of aliphatic carboxylic acids is 1. The monoisotopic (exact) mass is 631 g/mol. The summed E-state index contributed by atoms with van der Waals surface area (Å²) in [6, 6.07) is -0.0804. The second-order valence-corrected chi connectivity index (χ2v) is 10.6. The molecule has 0 unspecified atom stereocenters. The number of ether oxygens (including phenoxy) is 3. The van der Waals surface area contributed by atoms with Gasteiger partial charge in [0.05, 0.1) is 39.6 Å². The quantitative estimate of drug-likeness (QED) is 0.0598. The molecular formula is C30H57N5O9. The topological polar surface area (TPSA) is 207 Å². The maximum Gasteiger partial charge on any atom is 0.303 e. The van der Waals surface area contributed by atoms with Gasteiger partial charge in [-0.25, -0.2) is 0 Å². The highest BCUT2D eigenvalue weighted by Crippen LogP contribution is 2.11. The Bertz CT molecular complexity index is 786. The normalized spacial score (nSPS) is 11.5. The van der Waals surface area contributed by atoms with E-state index in [1.165, 1.54) is 0 Å². The van der Waals surface area contributed by atoms with Gasteiger partial charge >= 0.3 is 5.97 Å². The van der Waals surface area contributed by atoms with Gasteiger partial charge in [0.1, 0.15) is 6.61 Å². The number of carbonyl (C=O) groups is 5. The molecule has 256 valence electrons. The molecule has 0 spiro atoms. The number of carboxylic acid groups (broad SMARTS) is 1. The van der Waals surface area contributed by atoms with Crippen molar-refractivity contribution >= 4 is 29.6 Å². The molecule has 44 heavy (non-hydrogen) atoms. The summed E-state index contributed by atoms with van der Waals surface area (Å²) >= 11 is 0. The average molecular weight is 632 g/mol. The number of amides is 4. The molecule has 0 rings (SSSR count). The van der Waals surface area contributed by atoms with E-state index in [0.717, 1.165) is 57.8 Å². The average Bonchev–Trinajstić information content (AvgIpc) is 2.99. The summed E-state index contributed by atoms with van der Waals surface area (Å²) in [5.74, 6) is -1.33. The van der Waals surface area contributed by atoms with Crippen LogP contribution in [0, 0.1) is 0 Å². The molecular weight excluding hydrogens is 574 g/mol. The number of hydrogen-bond acceptors (Lipinski definition) is 9. The highest BCUT2D eigenvalue weighted by molar-refractivity contribution is 5.78. The number of carbonyl (C=O) groups excluding carboxylic acids is 4. The van der Waals surface area contributed by atoms with Crippen LogP contribution in [0.15, 0.2) is 0 Å². The molecule has 0 aliphatic heterocycles. The molecule has 0 radical (unpaired) electrons. The Morgan fingerprint density at radius 2 is 1.07 bits per heavy atom. The molecule has 4 amide bonds. The SMILES string of the molecule is C[C@@H](CCC(=O)NCCOCCOCC(=O)NCCOCCNC(=O)CN)NC(=O)CCCCCCCCCCCC(=O)O. The van der Waals surface area contributed by atoms with Crippen molar-refractivity contribution in [3.05, 3.63) is 0 Å². The van der Waals surface area contributed by atoms with E-state index in [0.29, 0.717) is 65.3 Å². The van der Waals surface area contributed by atoms with Crippen molar-refractivity contribution in [3.8, 4) is 0 Å². The maximum absolute atomic E-state index is 12.1. The van der Waals surface area contributed by atoms with Crippen molar-refractivity contribution in [3.63, 3.8) is 0 Å². The lowest BCUT2D eigenvalue weighted by Crippen LogP contribution is -2.34. The van der Waals surface area contributed by atoms with E-state index >= 15 is 0 Å². The molecule has 7 N–H and O–H groups in total. The predicted octanol–water partition coefficient (Wildman–Crippen LogP) is 1.00. The van der Waals surface area contributed by atoms with E-state index in [-0.39, 0.29) is 55.8 Å². The summed E-state index contributed by atoms with van der Waals surface area (Å²) in [5, 5.41) is 19.6. The number of hydrogen-bond donors (Lipinski definition) is 6. The second-order valence-electron chi connectivity index (χ2n) is 10.6. The van der Waals surface area contributed by atoms with Gasteiger partial charge in [0.25, 0.3) is 0 Å². The first-order valence-corrected chi connectivity index (χ1v) is 16.0. The third-order valence-electron chi connectivity index (χ3n) is 6.50. The Kier molecular flexibility index (Phi) is 28.3. The van der Waals surface area contributed by atoms with Crippen LogP contribution in [0.2, 0.25) is 0 Å². The van der Waals surface area contributed by atoms with Crippen molar-refractivity contribution in [1.29, 1.82) is 0 Å². The van der Waals surface area contributed by atoms with Gasteiger partial charge in [0, 0.05) is 44.9 Å². The van der Waals surface area contributed by atoms with E-state index in [4.69, 9.17) is 25.1 Å². The largest absolute Gasteiger partial charge is 0.481 e. The van der Waals surface area contributed by atoms with Crippen LogP contribution in [0.5, 0.6) is 0 Å². The summed E-state index contributed by atoms with van der Waals surface area (Å²) in [4.78, 5) is 57.3. The number of nitrogens with two attached hydrogens (primary N) is 1. The molecule has 0 fully saturated rings. The van der Waals surface area contributed by atoms with Crippen LogP contribution in [0.25, 0.3) is 0 Å². The molecule has 14 nitrogen and oxygen atoms in total. The van der Waals surface area contributed by atoms with Gasteiger partial charge < -0.3 is 46.3 Å². The van der Waals surface area contributed by atoms with E-state index < -0.39 is 5.97 Å². The highest BCUT2D eigenvalue weighted by Gasteiger charge is 2.10. The molecule has 0 aromatic rings. The van der Waals surface area contributed by atoms with Gasteiger partial charge in [-0.05, 0) is 26.2 Å². The second kappa shape index (κ2) is 30.2. The molecule has 0 aromatic carbocycles. The Hall–Kier alpha value is -2.81. The lowest BCUT2D eigenvalue weighted by atomic mass is 10.1. The molecule has 1 atom stereocenters. The Morgan fingerprint density at radius 3 is 1.64 bits per heavy atom. The minimum atomic E-state index is -0.724. The predicted molar refractivity (Wildman–Crippen MR) is 166 cm³/mol. The fraction of sp³-hybridized carbons (Fsp3) is 0.833. The highest BCUT2D eigenvalue weighted by atomic mass is 16.5. The third-order valence-corrected chi connectivity index (χ3v) is 6.50. The summed E-state index contributed by atoms with van der Waals surface area (Å²) in [6.07, 6.45) is 10.8. The van der Waals surface area contributed by atoms with E-state index in [2.05, 4.69) is 21.3 Å². The first-order chi connectivity index (χ1) is 21.2.